The first-order chi connectivity index (χ1) is 9.38. The highest BCUT2D eigenvalue weighted by atomic mass is 16.7. The zero-order valence-electron chi connectivity index (χ0n) is 11.5. The van der Waals surface area contributed by atoms with Gasteiger partial charge in [-0.15, -0.1) is 0 Å². The zero-order valence-corrected chi connectivity index (χ0v) is 11.5. The summed E-state index contributed by atoms with van der Waals surface area (Å²) in [6, 6.07) is 7.26. The molecule has 0 aliphatic rings. The standard InChI is InChI=1S/C14H16N2O4/c1-9-4-6-12(7-5-9)14(15)16-20-13(18)8-10(2)19-11(3)17/h4-8H,1-3H3,(H2,15,16)/b10-8+. The molecule has 0 saturated heterocycles. The number of oxime groups is 1. The van der Waals surface area contributed by atoms with Crippen molar-refractivity contribution in [1.82, 2.24) is 0 Å². The summed E-state index contributed by atoms with van der Waals surface area (Å²) in [7, 11) is 0. The molecule has 0 amide bonds. The average Bonchev–Trinajstić information content (AvgIpc) is 2.35. The Morgan fingerprint density at radius 3 is 2.35 bits per heavy atom. The number of esters is 1. The van der Waals surface area contributed by atoms with Crippen LogP contribution >= 0.6 is 0 Å². The van der Waals surface area contributed by atoms with E-state index in [2.05, 4.69) is 14.7 Å². The van der Waals surface area contributed by atoms with E-state index in [1.54, 1.807) is 12.1 Å². The zero-order chi connectivity index (χ0) is 15.1. The van der Waals surface area contributed by atoms with Gasteiger partial charge in [0.2, 0.25) is 0 Å². The monoisotopic (exact) mass is 276 g/mol. The highest BCUT2D eigenvalue weighted by molar-refractivity contribution is 5.97. The molecule has 6 nitrogen and oxygen atoms in total. The largest absolute Gasteiger partial charge is 0.431 e. The first kappa shape index (κ1) is 15.4. The number of allylic oxidation sites excluding steroid dienone is 1. The number of benzene rings is 1. The van der Waals surface area contributed by atoms with E-state index in [-0.39, 0.29) is 11.6 Å². The SMILES string of the molecule is CC(=O)O/C(C)=C/C(=O)O/N=C(\N)c1ccc(C)cc1. The van der Waals surface area contributed by atoms with Crippen molar-refractivity contribution >= 4 is 17.8 Å². The Labute approximate surface area is 116 Å². The maximum absolute atomic E-state index is 11.4. The van der Waals surface area contributed by atoms with Crippen LogP contribution in [0.5, 0.6) is 0 Å². The lowest BCUT2D eigenvalue weighted by atomic mass is 10.1. The van der Waals surface area contributed by atoms with Gasteiger partial charge in [0.05, 0.1) is 6.08 Å². The molecule has 0 aliphatic heterocycles. The fourth-order valence-corrected chi connectivity index (χ4v) is 1.32. The molecular weight excluding hydrogens is 260 g/mol. The molecule has 0 fully saturated rings. The predicted octanol–water partition coefficient (Wildman–Crippen LogP) is 1.63. The van der Waals surface area contributed by atoms with E-state index in [9.17, 15) is 9.59 Å². The maximum atomic E-state index is 11.4. The third-order valence-electron chi connectivity index (χ3n) is 2.21. The van der Waals surface area contributed by atoms with Crippen LogP contribution in [0.2, 0.25) is 0 Å². The van der Waals surface area contributed by atoms with Crippen molar-refractivity contribution in [1.29, 1.82) is 0 Å². The van der Waals surface area contributed by atoms with Crippen LogP contribution < -0.4 is 5.73 Å². The lowest BCUT2D eigenvalue weighted by Crippen LogP contribution is -2.14. The number of amidine groups is 1. The molecule has 1 aromatic rings. The van der Waals surface area contributed by atoms with Gasteiger partial charge in [0.1, 0.15) is 5.76 Å². The van der Waals surface area contributed by atoms with Crippen LogP contribution in [0.15, 0.2) is 41.3 Å². The molecule has 0 radical (unpaired) electrons. The number of carbonyl (C=O) groups excluding carboxylic acids is 2. The second-order valence-corrected chi connectivity index (χ2v) is 4.10. The van der Waals surface area contributed by atoms with Gasteiger partial charge >= 0.3 is 11.9 Å². The number of nitrogens with two attached hydrogens (primary N) is 1. The molecule has 0 unspecified atom stereocenters. The third-order valence-corrected chi connectivity index (χ3v) is 2.21. The molecule has 1 rings (SSSR count). The van der Waals surface area contributed by atoms with Crippen molar-refractivity contribution in [2.24, 2.45) is 10.9 Å². The minimum atomic E-state index is -0.779. The van der Waals surface area contributed by atoms with Gasteiger partial charge in [-0.2, -0.15) is 0 Å². The van der Waals surface area contributed by atoms with Crippen LogP contribution in [0.3, 0.4) is 0 Å². The predicted molar refractivity (Wildman–Crippen MR) is 73.5 cm³/mol. The fraction of sp³-hybridized carbons (Fsp3) is 0.214. The Hall–Kier alpha value is -2.63. The highest BCUT2D eigenvalue weighted by Crippen LogP contribution is 2.03. The Bertz CT molecular complexity index is 559. The van der Waals surface area contributed by atoms with Gasteiger partial charge in [0.25, 0.3) is 0 Å². The van der Waals surface area contributed by atoms with Gasteiger partial charge in [-0.3, -0.25) is 4.79 Å². The number of nitrogens with zero attached hydrogens (tertiary/aromatic N) is 1. The molecule has 20 heavy (non-hydrogen) atoms. The molecule has 6 heteroatoms. The molecule has 0 spiro atoms. The van der Waals surface area contributed by atoms with E-state index >= 15 is 0 Å². The summed E-state index contributed by atoms with van der Waals surface area (Å²) >= 11 is 0. The van der Waals surface area contributed by atoms with Crippen LogP contribution in [-0.2, 0) is 19.2 Å². The Balaban J connectivity index is 2.65. The van der Waals surface area contributed by atoms with Crippen molar-refractivity contribution in [2.75, 3.05) is 0 Å². The van der Waals surface area contributed by atoms with Crippen molar-refractivity contribution < 1.29 is 19.2 Å². The van der Waals surface area contributed by atoms with Gasteiger partial charge in [0.15, 0.2) is 5.84 Å². The second-order valence-electron chi connectivity index (χ2n) is 4.10. The fourth-order valence-electron chi connectivity index (χ4n) is 1.32. The van der Waals surface area contributed by atoms with E-state index in [1.165, 1.54) is 13.8 Å². The summed E-state index contributed by atoms with van der Waals surface area (Å²) in [6.07, 6.45) is 1.01. The van der Waals surface area contributed by atoms with Crippen molar-refractivity contribution in [3.63, 3.8) is 0 Å². The number of rotatable bonds is 4. The lowest BCUT2D eigenvalue weighted by molar-refractivity contribution is -0.138. The summed E-state index contributed by atoms with van der Waals surface area (Å²) in [5, 5.41) is 3.52. The van der Waals surface area contributed by atoms with E-state index in [1.807, 2.05) is 19.1 Å². The Morgan fingerprint density at radius 1 is 1.20 bits per heavy atom. The van der Waals surface area contributed by atoms with Gasteiger partial charge in [-0.25, -0.2) is 4.79 Å². The first-order valence-corrected chi connectivity index (χ1v) is 5.86. The van der Waals surface area contributed by atoms with Crippen LogP contribution in [0.4, 0.5) is 0 Å². The molecule has 0 aliphatic carbocycles. The Kier molecular flexibility index (Phi) is 5.46. The topological polar surface area (TPSA) is 91.0 Å². The normalized spacial score (nSPS) is 11.9. The molecule has 0 bridgehead atoms. The molecule has 0 saturated carbocycles. The third kappa shape index (κ3) is 5.34. The first-order valence-electron chi connectivity index (χ1n) is 5.86. The summed E-state index contributed by atoms with van der Waals surface area (Å²) in [5.41, 5.74) is 7.40. The number of carbonyl (C=O) groups is 2. The number of ether oxygens (including phenoxy) is 1. The second kappa shape index (κ2) is 7.08. The van der Waals surface area contributed by atoms with E-state index < -0.39 is 11.9 Å². The van der Waals surface area contributed by atoms with E-state index in [0.29, 0.717) is 5.56 Å². The summed E-state index contributed by atoms with van der Waals surface area (Å²) < 4.78 is 4.67. The van der Waals surface area contributed by atoms with Crippen molar-refractivity contribution in [3.8, 4) is 0 Å². The van der Waals surface area contributed by atoms with Gasteiger partial charge in [-0.05, 0) is 13.8 Å². The molecule has 0 atom stereocenters. The molecule has 106 valence electrons. The number of hydrogen-bond donors (Lipinski definition) is 1. The minimum Gasteiger partial charge on any atom is -0.431 e. The number of aryl methyl sites for hydroxylation is 1. The molecule has 0 aromatic heterocycles. The van der Waals surface area contributed by atoms with E-state index in [4.69, 9.17) is 5.73 Å². The lowest BCUT2D eigenvalue weighted by Gasteiger charge is -2.01. The summed E-state index contributed by atoms with van der Waals surface area (Å²) in [6.45, 7) is 4.63. The molecule has 2 N–H and O–H groups in total. The van der Waals surface area contributed by atoms with Crippen LogP contribution in [0.25, 0.3) is 0 Å². The van der Waals surface area contributed by atoms with E-state index in [0.717, 1.165) is 11.6 Å². The smallest absolute Gasteiger partial charge is 0.362 e. The summed E-state index contributed by atoms with van der Waals surface area (Å²) in [4.78, 5) is 26.6. The quantitative estimate of drug-likeness (QED) is 0.172. The average molecular weight is 276 g/mol. The van der Waals surface area contributed by atoms with Gasteiger partial charge in [0, 0.05) is 12.5 Å². The van der Waals surface area contributed by atoms with Crippen molar-refractivity contribution in [3.05, 3.63) is 47.2 Å². The van der Waals surface area contributed by atoms with Gasteiger partial charge < -0.3 is 15.3 Å². The van der Waals surface area contributed by atoms with Crippen LogP contribution in [0, 0.1) is 6.92 Å². The van der Waals surface area contributed by atoms with Gasteiger partial charge in [-0.1, -0.05) is 35.0 Å². The minimum absolute atomic E-state index is 0.0805. The molecular formula is C14H16N2O4. The van der Waals surface area contributed by atoms with Crippen LogP contribution in [0.1, 0.15) is 25.0 Å². The molecule has 0 heterocycles. The number of hydrogen-bond acceptors (Lipinski definition) is 5. The van der Waals surface area contributed by atoms with Crippen LogP contribution in [-0.4, -0.2) is 17.8 Å². The highest BCUT2D eigenvalue weighted by Gasteiger charge is 2.04. The van der Waals surface area contributed by atoms with Crippen molar-refractivity contribution in [2.45, 2.75) is 20.8 Å². The Morgan fingerprint density at radius 2 is 1.80 bits per heavy atom. The summed E-state index contributed by atoms with van der Waals surface area (Å²) in [5.74, 6) is -1.10. The molecule has 1 aromatic carbocycles. The maximum Gasteiger partial charge on any atom is 0.362 e.